The number of rotatable bonds is 2. The Bertz CT molecular complexity index is 403. The molecule has 1 aromatic rings. The van der Waals surface area contributed by atoms with Crippen molar-refractivity contribution in [2.75, 3.05) is 7.11 Å². The first-order valence-electron chi connectivity index (χ1n) is 4.13. The molecule has 0 N–H and O–H groups in total. The van der Waals surface area contributed by atoms with Gasteiger partial charge >= 0.3 is 12.1 Å². The first-order chi connectivity index (χ1) is 7.34. The zero-order chi connectivity index (χ0) is 12.3. The van der Waals surface area contributed by atoms with Crippen molar-refractivity contribution in [2.45, 2.75) is 12.6 Å². The SMILES string of the molecule is COC(=O)Cc1cnc(F)cc1C(F)(F)F. The number of methoxy groups -OCH3 is 1. The fourth-order valence-electron chi connectivity index (χ4n) is 1.09. The number of nitrogens with zero attached hydrogens (tertiary/aromatic N) is 1. The smallest absolute Gasteiger partial charge is 0.416 e. The summed E-state index contributed by atoms with van der Waals surface area (Å²) in [6, 6.07) is 0.248. The minimum Gasteiger partial charge on any atom is -0.469 e. The number of carbonyl (C=O) groups is 1. The van der Waals surface area contributed by atoms with Crippen LogP contribution in [0.1, 0.15) is 11.1 Å². The zero-order valence-corrected chi connectivity index (χ0v) is 8.14. The average Bonchev–Trinajstić information content (AvgIpc) is 2.19. The Morgan fingerprint density at radius 1 is 1.50 bits per heavy atom. The highest BCUT2D eigenvalue weighted by Crippen LogP contribution is 2.32. The van der Waals surface area contributed by atoms with Crippen molar-refractivity contribution in [1.29, 1.82) is 0 Å². The van der Waals surface area contributed by atoms with E-state index in [-0.39, 0.29) is 6.07 Å². The second kappa shape index (κ2) is 4.46. The summed E-state index contributed by atoms with van der Waals surface area (Å²) in [4.78, 5) is 13.9. The van der Waals surface area contributed by atoms with E-state index in [2.05, 4.69) is 9.72 Å². The second-order valence-electron chi connectivity index (χ2n) is 2.91. The lowest BCUT2D eigenvalue weighted by atomic mass is 10.1. The van der Waals surface area contributed by atoms with Gasteiger partial charge in [0.2, 0.25) is 5.95 Å². The number of hydrogen-bond acceptors (Lipinski definition) is 3. The number of aromatic nitrogens is 1. The van der Waals surface area contributed by atoms with Gasteiger partial charge in [0.25, 0.3) is 0 Å². The number of pyridine rings is 1. The molecule has 16 heavy (non-hydrogen) atoms. The Morgan fingerprint density at radius 3 is 2.62 bits per heavy atom. The van der Waals surface area contributed by atoms with E-state index in [0.29, 0.717) is 6.20 Å². The summed E-state index contributed by atoms with van der Waals surface area (Å²) < 4.78 is 54.1. The molecule has 0 saturated carbocycles. The van der Waals surface area contributed by atoms with E-state index >= 15 is 0 Å². The Labute approximate surface area is 88.0 Å². The van der Waals surface area contributed by atoms with Gasteiger partial charge in [-0.05, 0) is 5.56 Å². The van der Waals surface area contributed by atoms with Crippen molar-refractivity contribution < 1.29 is 27.1 Å². The van der Waals surface area contributed by atoms with E-state index < -0.39 is 35.6 Å². The standard InChI is InChI=1S/C9H7F4NO2/c1-16-8(15)2-5-4-14-7(10)3-6(5)9(11,12)13/h3-4H,2H2,1H3. The molecular formula is C9H7F4NO2. The second-order valence-corrected chi connectivity index (χ2v) is 2.91. The van der Waals surface area contributed by atoms with Gasteiger partial charge in [-0.3, -0.25) is 4.79 Å². The van der Waals surface area contributed by atoms with Crippen molar-refractivity contribution in [3.8, 4) is 0 Å². The highest BCUT2D eigenvalue weighted by molar-refractivity contribution is 5.72. The molecule has 1 rings (SSSR count). The molecule has 0 aromatic carbocycles. The van der Waals surface area contributed by atoms with Crippen LogP contribution in [0.5, 0.6) is 0 Å². The lowest BCUT2D eigenvalue weighted by molar-refractivity contribution is -0.141. The topological polar surface area (TPSA) is 39.2 Å². The maximum absolute atomic E-state index is 12.6. The van der Waals surface area contributed by atoms with Crippen molar-refractivity contribution >= 4 is 5.97 Å². The number of alkyl halides is 3. The van der Waals surface area contributed by atoms with Crippen LogP contribution in [0.25, 0.3) is 0 Å². The van der Waals surface area contributed by atoms with Crippen LogP contribution < -0.4 is 0 Å². The van der Waals surface area contributed by atoms with Gasteiger partial charge in [-0.15, -0.1) is 0 Å². The molecule has 88 valence electrons. The van der Waals surface area contributed by atoms with Crippen LogP contribution in [0.4, 0.5) is 17.6 Å². The number of halogens is 4. The Balaban J connectivity index is 3.13. The van der Waals surface area contributed by atoms with Gasteiger partial charge in [0.15, 0.2) is 0 Å². The van der Waals surface area contributed by atoms with Crippen LogP contribution in [0, 0.1) is 5.95 Å². The molecule has 0 unspecified atom stereocenters. The minimum atomic E-state index is -4.73. The summed E-state index contributed by atoms with van der Waals surface area (Å²) in [5, 5.41) is 0. The molecule has 7 heteroatoms. The molecule has 0 fully saturated rings. The van der Waals surface area contributed by atoms with E-state index in [0.717, 1.165) is 7.11 Å². The van der Waals surface area contributed by atoms with Crippen molar-refractivity contribution in [3.63, 3.8) is 0 Å². The maximum atomic E-state index is 12.6. The Morgan fingerprint density at radius 2 is 2.12 bits per heavy atom. The van der Waals surface area contributed by atoms with Gasteiger partial charge < -0.3 is 4.74 Å². The Hall–Kier alpha value is -1.66. The average molecular weight is 237 g/mol. The molecule has 1 aromatic heterocycles. The van der Waals surface area contributed by atoms with E-state index in [9.17, 15) is 22.4 Å². The van der Waals surface area contributed by atoms with E-state index in [1.807, 2.05) is 0 Å². The quantitative estimate of drug-likeness (QED) is 0.448. The van der Waals surface area contributed by atoms with Crippen molar-refractivity contribution in [2.24, 2.45) is 0 Å². The predicted octanol–water partition coefficient (Wildman–Crippen LogP) is 1.96. The molecule has 0 amide bonds. The van der Waals surface area contributed by atoms with Gasteiger partial charge in [0.05, 0.1) is 19.1 Å². The molecule has 0 bridgehead atoms. The summed E-state index contributed by atoms with van der Waals surface area (Å²) in [5.41, 5.74) is -1.63. The molecule has 3 nitrogen and oxygen atoms in total. The molecule has 0 atom stereocenters. The highest BCUT2D eigenvalue weighted by atomic mass is 19.4. The first-order valence-corrected chi connectivity index (χ1v) is 4.13. The monoisotopic (exact) mass is 237 g/mol. The summed E-state index contributed by atoms with van der Waals surface area (Å²) in [7, 11) is 1.05. The summed E-state index contributed by atoms with van der Waals surface area (Å²) in [5.74, 6) is -2.10. The Kier molecular flexibility index (Phi) is 3.46. The number of hydrogen-bond donors (Lipinski definition) is 0. The third-order valence-corrected chi connectivity index (χ3v) is 1.82. The van der Waals surface area contributed by atoms with Crippen molar-refractivity contribution in [3.05, 3.63) is 29.3 Å². The van der Waals surface area contributed by atoms with Crippen LogP contribution in [0.3, 0.4) is 0 Å². The fourth-order valence-corrected chi connectivity index (χ4v) is 1.09. The van der Waals surface area contributed by atoms with Crippen LogP contribution in [-0.4, -0.2) is 18.1 Å². The molecule has 0 aliphatic rings. The summed E-state index contributed by atoms with van der Waals surface area (Å²) >= 11 is 0. The molecule has 0 radical (unpaired) electrons. The number of esters is 1. The largest absolute Gasteiger partial charge is 0.469 e. The third kappa shape index (κ3) is 2.91. The highest BCUT2D eigenvalue weighted by Gasteiger charge is 2.34. The molecular weight excluding hydrogens is 230 g/mol. The van der Waals surface area contributed by atoms with Crippen LogP contribution >= 0.6 is 0 Å². The lowest BCUT2D eigenvalue weighted by Gasteiger charge is -2.11. The normalized spacial score (nSPS) is 11.3. The molecule has 0 aliphatic heterocycles. The molecule has 0 aliphatic carbocycles. The maximum Gasteiger partial charge on any atom is 0.416 e. The predicted molar refractivity (Wildman–Crippen MR) is 44.9 cm³/mol. The van der Waals surface area contributed by atoms with E-state index in [1.54, 1.807) is 0 Å². The van der Waals surface area contributed by atoms with E-state index in [4.69, 9.17) is 0 Å². The minimum absolute atomic E-state index is 0.248. The van der Waals surface area contributed by atoms with Gasteiger partial charge in [-0.25, -0.2) is 4.98 Å². The zero-order valence-electron chi connectivity index (χ0n) is 8.14. The number of ether oxygens (including phenoxy) is 1. The van der Waals surface area contributed by atoms with E-state index in [1.165, 1.54) is 0 Å². The van der Waals surface area contributed by atoms with Crippen LogP contribution in [0.2, 0.25) is 0 Å². The summed E-state index contributed by atoms with van der Waals surface area (Å²) in [6.45, 7) is 0. The van der Waals surface area contributed by atoms with Crippen molar-refractivity contribution in [1.82, 2.24) is 4.98 Å². The number of carbonyl (C=O) groups excluding carboxylic acids is 1. The van der Waals surface area contributed by atoms with Crippen LogP contribution in [0.15, 0.2) is 12.3 Å². The first kappa shape index (κ1) is 12.4. The lowest BCUT2D eigenvalue weighted by Crippen LogP contribution is -2.14. The van der Waals surface area contributed by atoms with Crippen LogP contribution in [-0.2, 0) is 22.1 Å². The van der Waals surface area contributed by atoms with Gasteiger partial charge in [0, 0.05) is 12.3 Å². The van der Waals surface area contributed by atoms with Gasteiger partial charge in [-0.2, -0.15) is 17.6 Å². The van der Waals surface area contributed by atoms with Gasteiger partial charge in [0.1, 0.15) is 0 Å². The fraction of sp³-hybridized carbons (Fsp3) is 0.333. The van der Waals surface area contributed by atoms with Gasteiger partial charge in [-0.1, -0.05) is 0 Å². The third-order valence-electron chi connectivity index (χ3n) is 1.82. The molecule has 0 saturated heterocycles. The molecule has 0 spiro atoms. The summed E-state index contributed by atoms with van der Waals surface area (Å²) in [6.07, 6.45) is -4.65. The molecule has 1 heterocycles.